The predicted molar refractivity (Wildman–Crippen MR) is 92.7 cm³/mol. The van der Waals surface area contributed by atoms with E-state index in [1.165, 1.54) is 4.47 Å². The van der Waals surface area contributed by atoms with Crippen molar-refractivity contribution in [2.45, 2.75) is 26.2 Å². The van der Waals surface area contributed by atoms with Crippen LogP contribution in [-0.4, -0.2) is 15.2 Å². The first-order chi connectivity index (χ1) is 8.35. The van der Waals surface area contributed by atoms with E-state index in [0.717, 1.165) is 0 Å². The molecule has 0 fully saturated rings. The highest BCUT2D eigenvalue weighted by Crippen LogP contribution is 2.22. The molecule has 1 aromatic heterocycles. The lowest BCUT2D eigenvalue weighted by atomic mass is 10.4. The highest BCUT2D eigenvalue weighted by molar-refractivity contribution is 9.10. The summed E-state index contributed by atoms with van der Waals surface area (Å²) in [5.74, 6) is 0. The molecule has 0 nitrogen and oxygen atoms in total. The predicted octanol–water partition coefficient (Wildman–Crippen LogP) is 4.12. The van der Waals surface area contributed by atoms with Gasteiger partial charge < -0.3 is 0 Å². The van der Waals surface area contributed by atoms with Crippen LogP contribution in [0.5, 0.6) is 0 Å². The topological polar surface area (TPSA) is 0 Å². The second-order valence-corrected chi connectivity index (χ2v) is 23.1. The van der Waals surface area contributed by atoms with Crippen molar-refractivity contribution >= 4 is 52.1 Å². The molecular formula is C14H19BrSSi2. The molecule has 0 radical (unpaired) electrons. The zero-order chi connectivity index (χ0) is 13.4. The maximum atomic E-state index is 3.53. The van der Waals surface area contributed by atoms with Crippen LogP contribution in [0.2, 0.25) is 26.2 Å². The van der Waals surface area contributed by atoms with Crippen molar-refractivity contribution in [2.24, 2.45) is 0 Å². The molecule has 0 saturated heterocycles. The maximum absolute atomic E-state index is 3.53. The first-order valence-corrected chi connectivity index (χ1v) is 14.8. The summed E-state index contributed by atoms with van der Waals surface area (Å²) in [6.07, 6.45) is 0. The molecule has 0 amide bonds. The Hall–Kier alpha value is -0.166. The third-order valence-corrected chi connectivity index (χ3v) is 25.3. The first-order valence-electron chi connectivity index (χ1n) is 6.16. The minimum atomic E-state index is -1.41. The van der Waals surface area contributed by atoms with E-state index in [0.29, 0.717) is 0 Å². The Morgan fingerprint density at radius 3 is 2.00 bits per heavy atom. The van der Waals surface area contributed by atoms with Gasteiger partial charge in [-0.15, -0.1) is 0 Å². The molecule has 2 rings (SSSR count). The largest absolute Gasteiger partial charge is 0.154 e. The van der Waals surface area contributed by atoms with Crippen LogP contribution >= 0.6 is 27.3 Å². The second-order valence-electron chi connectivity index (χ2n) is 5.73. The van der Waals surface area contributed by atoms with Gasteiger partial charge in [-0.05, 0) is 22.0 Å². The summed E-state index contributed by atoms with van der Waals surface area (Å²) in [6, 6.07) is 13.5. The number of thiophene rings is 1. The smallest absolute Gasteiger partial charge is 0.0917 e. The summed E-state index contributed by atoms with van der Waals surface area (Å²) < 4.78 is 2.81. The highest BCUT2D eigenvalue weighted by Gasteiger charge is 2.44. The Labute approximate surface area is 124 Å². The van der Waals surface area contributed by atoms with Crippen LogP contribution in [0.25, 0.3) is 0 Å². The lowest BCUT2D eigenvalue weighted by molar-refractivity contribution is 1.66. The van der Waals surface area contributed by atoms with Crippen LogP contribution in [0.15, 0.2) is 46.3 Å². The Morgan fingerprint density at radius 2 is 1.50 bits per heavy atom. The Bertz CT molecular complexity index is 515. The van der Waals surface area contributed by atoms with Crippen LogP contribution < -0.4 is 9.69 Å². The minimum Gasteiger partial charge on any atom is -0.154 e. The Balaban J connectivity index is 2.44. The fourth-order valence-electron chi connectivity index (χ4n) is 2.17. The lowest BCUT2D eigenvalue weighted by Crippen LogP contribution is -2.68. The van der Waals surface area contributed by atoms with Crippen molar-refractivity contribution in [1.82, 2.24) is 0 Å². The molecule has 96 valence electrons. The summed E-state index contributed by atoms with van der Waals surface area (Å²) in [5.41, 5.74) is 0. The molecule has 1 heterocycles. The third kappa shape index (κ3) is 2.43. The molecule has 0 atom stereocenters. The minimum absolute atomic E-state index is 1.17. The average Bonchev–Trinajstić information content (AvgIpc) is 2.83. The summed E-state index contributed by atoms with van der Waals surface area (Å²) in [4.78, 5) is 0. The van der Waals surface area contributed by atoms with Crippen molar-refractivity contribution < 1.29 is 0 Å². The maximum Gasteiger partial charge on any atom is 0.0917 e. The van der Waals surface area contributed by atoms with Crippen molar-refractivity contribution in [1.29, 1.82) is 0 Å². The fourth-order valence-corrected chi connectivity index (χ4v) is 14.7. The van der Waals surface area contributed by atoms with Gasteiger partial charge in [-0.3, -0.25) is 0 Å². The average molecular weight is 355 g/mol. The fraction of sp³-hybridized carbons (Fsp3) is 0.286. The van der Waals surface area contributed by atoms with Crippen molar-refractivity contribution in [2.75, 3.05) is 0 Å². The van der Waals surface area contributed by atoms with Crippen molar-refractivity contribution in [3.05, 3.63) is 46.3 Å². The quantitative estimate of drug-likeness (QED) is 0.727. The second kappa shape index (κ2) is 5.08. The third-order valence-electron chi connectivity index (χ3n) is 4.27. The summed E-state index contributed by atoms with van der Waals surface area (Å²) in [7, 11) is -2.78. The van der Waals surface area contributed by atoms with Gasteiger partial charge in [-0.2, -0.15) is 11.3 Å². The molecule has 0 aliphatic rings. The number of hydrogen-bond acceptors (Lipinski definition) is 1. The first kappa shape index (κ1) is 14.2. The van der Waals surface area contributed by atoms with E-state index in [-0.39, 0.29) is 0 Å². The SMILES string of the molecule is C[Si](C)(c1ccc(Br)cc1)[Si](C)(C)c1cccs1. The van der Waals surface area contributed by atoms with Crippen molar-refractivity contribution in [3.8, 4) is 0 Å². The Kier molecular flexibility index (Phi) is 4.02. The van der Waals surface area contributed by atoms with Gasteiger partial charge in [0.05, 0.1) is 15.2 Å². The van der Waals surface area contributed by atoms with Gasteiger partial charge in [0.25, 0.3) is 0 Å². The van der Waals surface area contributed by atoms with Crippen LogP contribution in [0.1, 0.15) is 0 Å². The van der Waals surface area contributed by atoms with Crippen LogP contribution in [0, 0.1) is 0 Å². The summed E-state index contributed by atoms with van der Waals surface area (Å²) in [5, 5.41) is 3.80. The molecule has 0 aliphatic carbocycles. The van der Waals surface area contributed by atoms with Gasteiger partial charge in [0.1, 0.15) is 0 Å². The van der Waals surface area contributed by atoms with E-state index in [2.05, 4.69) is 83.9 Å². The molecule has 0 unspecified atom stereocenters. The van der Waals surface area contributed by atoms with Crippen LogP contribution in [0.3, 0.4) is 0 Å². The van der Waals surface area contributed by atoms with E-state index in [1.54, 1.807) is 9.69 Å². The molecular weight excluding hydrogens is 336 g/mol. The molecule has 2 aromatic rings. The van der Waals surface area contributed by atoms with E-state index < -0.39 is 15.2 Å². The number of rotatable bonds is 3. The molecule has 18 heavy (non-hydrogen) atoms. The van der Waals surface area contributed by atoms with Gasteiger partial charge >= 0.3 is 0 Å². The van der Waals surface area contributed by atoms with Crippen molar-refractivity contribution in [3.63, 3.8) is 0 Å². The molecule has 0 bridgehead atoms. The molecule has 0 N–H and O–H groups in total. The number of halogens is 1. The highest BCUT2D eigenvalue weighted by atomic mass is 79.9. The molecule has 0 saturated carbocycles. The molecule has 0 aliphatic heterocycles. The Morgan fingerprint density at radius 1 is 0.889 bits per heavy atom. The number of benzene rings is 1. The lowest BCUT2D eigenvalue weighted by Gasteiger charge is -2.38. The van der Waals surface area contributed by atoms with Crippen LogP contribution in [-0.2, 0) is 0 Å². The van der Waals surface area contributed by atoms with Gasteiger partial charge in [0.2, 0.25) is 0 Å². The van der Waals surface area contributed by atoms with Gasteiger partial charge in [0.15, 0.2) is 0 Å². The van der Waals surface area contributed by atoms with E-state index in [4.69, 9.17) is 0 Å². The molecule has 4 heteroatoms. The van der Waals surface area contributed by atoms with Gasteiger partial charge in [-0.25, -0.2) is 0 Å². The van der Waals surface area contributed by atoms with Crippen LogP contribution in [0.4, 0.5) is 0 Å². The zero-order valence-electron chi connectivity index (χ0n) is 11.3. The monoisotopic (exact) mass is 354 g/mol. The standard InChI is InChI=1S/C14H19BrSSi2/c1-17(2,13-9-7-12(15)8-10-13)18(3,4)14-6-5-11-16-14/h5-11H,1-4H3. The summed E-state index contributed by atoms with van der Waals surface area (Å²) >= 11 is 5.47. The van der Waals surface area contributed by atoms with E-state index in [1.807, 2.05) is 11.3 Å². The van der Waals surface area contributed by atoms with E-state index >= 15 is 0 Å². The van der Waals surface area contributed by atoms with E-state index in [9.17, 15) is 0 Å². The van der Waals surface area contributed by atoms with Gasteiger partial charge in [-0.1, -0.05) is 71.6 Å². The number of hydrogen-bond donors (Lipinski definition) is 0. The van der Waals surface area contributed by atoms with Gasteiger partial charge in [0, 0.05) is 4.47 Å². The molecule has 1 aromatic carbocycles. The zero-order valence-corrected chi connectivity index (χ0v) is 15.7. The summed E-state index contributed by atoms with van der Waals surface area (Å²) in [6.45, 7) is 10.1. The normalized spacial score (nSPS) is 12.7. The molecule has 0 spiro atoms.